The minimum atomic E-state index is -1.43. The molecule has 0 radical (unpaired) electrons. The fourth-order valence-corrected chi connectivity index (χ4v) is 2.60. The molecule has 0 fully saturated rings. The topological polar surface area (TPSA) is 81.5 Å². The van der Waals surface area contributed by atoms with Crippen molar-refractivity contribution in [2.24, 2.45) is 0 Å². The Balaban J connectivity index is 2.27. The highest BCUT2D eigenvalue weighted by molar-refractivity contribution is 9.10. The van der Waals surface area contributed by atoms with E-state index in [1.54, 1.807) is 0 Å². The summed E-state index contributed by atoms with van der Waals surface area (Å²) in [7, 11) is 1.15. The molecule has 0 heterocycles. The fourth-order valence-electron chi connectivity index (χ4n) is 2.34. The molecular weight excluding hydrogens is 376 g/mol. The number of hydrogen-bond donors (Lipinski definition) is 1. The summed E-state index contributed by atoms with van der Waals surface area (Å²) in [4.78, 5) is 22.3. The molecule has 2 unspecified atom stereocenters. The number of carbonyl (C=O) groups is 1. The van der Waals surface area contributed by atoms with Gasteiger partial charge in [0.25, 0.3) is 0 Å². The summed E-state index contributed by atoms with van der Waals surface area (Å²) in [6.07, 6.45) is -0.0141. The van der Waals surface area contributed by atoms with Crippen LogP contribution in [0.25, 0.3) is 0 Å². The van der Waals surface area contributed by atoms with Gasteiger partial charge >= 0.3 is 12.0 Å². The quantitative estimate of drug-likeness (QED) is 0.440. The SMILES string of the molecule is COC(=O)C(CC(Nc1ccc(Br)cc1)c1ccccc1)[N+](=O)[O-]. The van der Waals surface area contributed by atoms with E-state index in [2.05, 4.69) is 26.0 Å². The number of hydrogen-bond acceptors (Lipinski definition) is 5. The second kappa shape index (κ2) is 8.44. The highest BCUT2D eigenvalue weighted by atomic mass is 79.9. The Hall–Kier alpha value is -2.41. The lowest BCUT2D eigenvalue weighted by molar-refractivity contribution is -0.511. The van der Waals surface area contributed by atoms with Crippen molar-refractivity contribution in [1.29, 1.82) is 0 Å². The van der Waals surface area contributed by atoms with Gasteiger partial charge < -0.3 is 10.1 Å². The average Bonchev–Trinajstić information content (AvgIpc) is 2.60. The first-order valence-electron chi connectivity index (χ1n) is 7.29. The van der Waals surface area contributed by atoms with E-state index in [0.717, 1.165) is 22.8 Å². The minimum absolute atomic E-state index is 0.0141. The van der Waals surface area contributed by atoms with Crippen LogP contribution in [0.15, 0.2) is 59.1 Å². The van der Waals surface area contributed by atoms with Crippen LogP contribution in [-0.2, 0) is 9.53 Å². The van der Waals surface area contributed by atoms with E-state index in [1.807, 2.05) is 54.6 Å². The number of ether oxygens (including phenoxy) is 1. The normalized spacial score (nSPS) is 12.9. The van der Waals surface area contributed by atoms with Gasteiger partial charge in [0.05, 0.1) is 19.6 Å². The van der Waals surface area contributed by atoms with Gasteiger partial charge in [0.1, 0.15) is 0 Å². The third-order valence-electron chi connectivity index (χ3n) is 3.57. The van der Waals surface area contributed by atoms with Crippen LogP contribution in [0.2, 0.25) is 0 Å². The lowest BCUT2D eigenvalue weighted by Gasteiger charge is -2.21. The lowest BCUT2D eigenvalue weighted by atomic mass is 9.99. The standard InChI is InChI=1S/C17H17BrN2O4/c1-24-17(21)16(20(22)23)11-15(12-5-3-2-4-6-12)19-14-9-7-13(18)8-10-14/h2-10,15-16,19H,11H2,1H3. The van der Waals surface area contributed by atoms with Gasteiger partial charge in [-0.2, -0.15) is 0 Å². The minimum Gasteiger partial charge on any atom is -0.464 e. The van der Waals surface area contributed by atoms with Gasteiger partial charge in [-0.1, -0.05) is 46.3 Å². The van der Waals surface area contributed by atoms with Crippen LogP contribution < -0.4 is 5.32 Å². The summed E-state index contributed by atoms with van der Waals surface area (Å²) in [5, 5.41) is 14.5. The molecule has 2 atom stereocenters. The highest BCUT2D eigenvalue weighted by Gasteiger charge is 2.34. The zero-order valence-corrected chi connectivity index (χ0v) is 14.6. The molecule has 1 N–H and O–H groups in total. The van der Waals surface area contributed by atoms with Gasteiger partial charge in [-0.05, 0) is 29.8 Å². The molecule has 6 nitrogen and oxygen atoms in total. The van der Waals surface area contributed by atoms with Crippen LogP contribution in [0.1, 0.15) is 18.0 Å². The van der Waals surface area contributed by atoms with Crippen molar-refractivity contribution in [1.82, 2.24) is 0 Å². The molecule has 0 spiro atoms. The lowest BCUT2D eigenvalue weighted by Crippen LogP contribution is -2.34. The molecule has 0 saturated heterocycles. The molecule has 0 aliphatic rings. The number of anilines is 1. The second-order valence-corrected chi connectivity index (χ2v) is 6.09. The number of rotatable bonds is 7. The largest absolute Gasteiger partial charge is 0.464 e. The van der Waals surface area contributed by atoms with Gasteiger partial charge in [-0.3, -0.25) is 10.1 Å². The number of methoxy groups -OCH3 is 1. The predicted molar refractivity (Wildman–Crippen MR) is 94.4 cm³/mol. The predicted octanol–water partition coefficient (Wildman–Crippen LogP) is 3.81. The molecule has 0 aliphatic carbocycles. The van der Waals surface area contributed by atoms with Crippen molar-refractivity contribution in [2.75, 3.05) is 12.4 Å². The third kappa shape index (κ3) is 4.79. The Kier molecular flexibility index (Phi) is 6.31. The van der Waals surface area contributed by atoms with Gasteiger partial charge in [-0.15, -0.1) is 0 Å². The Bertz CT molecular complexity index is 691. The summed E-state index contributed by atoms with van der Waals surface area (Å²) in [5.41, 5.74) is 1.66. The van der Waals surface area contributed by atoms with Crippen LogP contribution in [0.3, 0.4) is 0 Å². The average molecular weight is 393 g/mol. The summed E-state index contributed by atoms with van der Waals surface area (Å²) in [5.74, 6) is -0.849. The maximum Gasteiger partial charge on any atom is 0.381 e. The molecule has 24 heavy (non-hydrogen) atoms. The van der Waals surface area contributed by atoms with E-state index in [1.165, 1.54) is 0 Å². The second-order valence-electron chi connectivity index (χ2n) is 5.17. The monoisotopic (exact) mass is 392 g/mol. The molecule has 126 valence electrons. The summed E-state index contributed by atoms with van der Waals surface area (Å²) >= 11 is 3.37. The number of esters is 1. The number of halogens is 1. The third-order valence-corrected chi connectivity index (χ3v) is 4.10. The van der Waals surface area contributed by atoms with Crippen molar-refractivity contribution in [3.8, 4) is 0 Å². The zero-order valence-electron chi connectivity index (χ0n) is 13.0. The Morgan fingerprint density at radius 2 is 1.83 bits per heavy atom. The van der Waals surface area contributed by atoms with Crippen molar-refractivity contribution in [3.05, 3.63) is 74.7 Å². The first-order valence-corrected chi connectivity index (χ1v) is 8.09. The van der Waals surface area contributed by atoms with Crippen molar-refractivity contribution >= 4 is 27.6 Å². The molecule has 0 saturated carbocycles. The number of nitrogens with zero attached hydrogens (tertiary/aromatic N) is 1. The fraction of sp³-hybridized carbons (Fsp3) is 0.235. The highest BCUT2D eigenvalue weighted by Crippen LogP contribution is 2.26. The van der Waals surface area contributed by atoms with Crippen molar-refractivity contribution < 1.29 is 14.5 Å². The van der Waals surface area contributed by atoms with E-state index >= 15 is 0 Å². The summed E-state index contributed by atoms with van der Waals surface area (Å²) < 4.78 is 5.49. The molecule has 2 rings (SSSR count). The molecule has 7 heteroatoms. The van der Waals surface area contributed by atoms with E-state index in [4.69, 9.17) is 0 Å². The number of nitro groups is 1. The summed E-state index contributed by atoms with van der Waals surface area (Å²) in [6, 6.07) is 14.9. The van der Waals surface area contributed by atoms with E-state index in [9.17, 15) is 14.9 Å². The molecule has 0 aliphatic heterocycles. The van der Waals surface area contributed by atoms with E-state index in [0.29, 0.717) is 0 Å². The number of nitrogens with one attached hydrogen (secondary N) is 1. The van der Waals surface area contributed by atoms with Crippen molar-refractivity contribution in [2.45, 2.75) is 18.5 Å². The Labute approximate surface area is 148 Å². The van der Waals surface area contributed by atoms with Crippen molar-refractivity contribution in [3.63, 3.8) is 0 Å². The zero-order chi connectivity index (χ0) is 17.5. The van der Waals surface area contributed by atoms with Gasteiger partial charge in [0.15, 0.2) is 0 Å². The van der Waals surface area contributed by atoms with E-state index < -0.39 is 23.0 Å². The summed E-state index contributed by atoms with van der Waals surface area (Å²) in [6.45, 7) is 0. The molecule has 0 aromatic heterocycles. The molecular formula is C17H17BrN2O4. The molecule has 2 aromatic carbocycles. The molecule has 2 aromatic rings. The van der Waals surface area contributed by atoms with Gasteiger partial charge in [0.2, 0.25) is 0 Å². The van der Waals surface area contributed by atoms with Crippen LogP contribution in [-0.4, -0.2) is 24.0 Å². The van der Waals surface area contributed by atoms with Crippen LogP contribution in [0.4, 0.5) is 5.69 Å². The van der Waals surface area contributed by atoms with Crippen LogP contribution in [0, 0.1) is 10.1 Å². The van der Waals surface area contributed by atoms with Crippen LogP contribution in [0.5, 0.6) is 0 Å². The first kappa shape index (κ1) is 17.9. The smallest absolute Gasteiger partial charge is 0.381 e. The maximum absolute atomic E-state index is 11.7. The maximum atomic E-state index is 11.7. The Morgan fingerprint density at radius 3 is 2.38 bits per heavy atom. The van der Waals surface area contributed by atoms with Crippen LogP contribution >= 0.6 is 15.9 Å². The number of benzene rings is 2. The van der Waals surface area contributed by atoms with Gasteiger partial charge in [-0.25, -0.2) is 4.79 Å². The first-order chi connectivity index (χ1) is 11.5. The van der Waals surface area contributed by atoms with Gasteiger partial charge in [0, 0.05) is 15.1 Å². The molecule has 0 bridgehead atoms. The van der Waals surface area contributed by atoms with E-state index in [-0.39, 0.29) is 6.42 Å². The molecule has 0 amide bonds. The Morgan fingerprint density at radius 1 is 1.21 bits per heavy atom. The number of carbonyl (C=O) groups excluding carboxylic acids is 1.